The predicted molar refractivity (Wildman–Crippen MR) is 49.2 cm³/mol. The second-order valence-electron chi connectivity index (χ2n) is 3.11. The van der Waals surface area contributed by atoms with Crippen LogP contribution in [-0.4, -0.2) is 23.7 Å². The van der Waals surface area contributed by atoms with Crippen molar-refractivity contribution >= 4 is 0 Å². The molecule has 1 heterocycles. The topological polar surface area (TPSA) is 48.0 Å². The van der Waals surface area contributed by atoms with E-state index >= 15 is 0 Å². The van der Waals surface area contributed by atoms with E-state index in [1.807, 2.05) is 27.0 Å². The number of aryl methyl sites for hydroxylation is 2. The lowest BCUT2D eigenvalue weighted by Crippen LogP contribution is -2.16. The Morgan fingerprint density at radius 2 is 2.25 bits per heavy atom. The summed E-state index contributed by atoms with van der Waals surface area (Å²) in [5, 5.41) is 12.6. The molecule has 1 unspecified atom stereocenters. The van der Waals surface area contributed by atoms with Crippen LogP contribution in [0, 0.1) is 13.8 Å². The molecule has 0 amide bonds. The Hall–Kier alpha value is -0.800. The van der Waals surface area contributed by atoms with Crippen molar-refractivity contribution < 1.29 is 5.11 Å². The molecule has 1 aromatic rings. The van der Waals surface area contributed by atoms with Gasteiger partial charge in [-0.2, -0.15) is 0 Å². The second kappa shape index (κ2) is 3.74. The van der Waals surface area contributed by atoms with Crippen LogP contribution >= 0.6 is 0 Å². The Bertz CT molecular complexity index is 255. The van der Waals surface area contributed by atoms with Crippen LogP contribution in [0.1, 0.15) is 23.1 Å². The molecule has 1 aromatic heterocycles. The largest absolute Gasteiger partial charge is 0.387 e. The van der Waals surface area contributed by atoms with Gasteiger partial charge >= 0.3 is 0 Å². The van der Waals surface area contributed by atoms with E-state index in [-0.39, 0.29) is 0 Å². The Balaban J connectivity index is 2.79. The van der Waals surface area contributed by atoms with Crippen LogP contribution in [0.3, 0.4) is 0 Å². The first-order valence-corrected chi connectivity index (χ1v) is 4.14. The lowest BCUT2D eigenvalue weighted by Gasteiger charge is -2.08. The monoisotopic (exact) mass is 168 g/mol. The number of aromatic nitrogens is 1. The van der Waals surface area contributed by atoms with Gasteiger partial charge in [0.15, 0.2) is 0 Å². The molecular formula is C9H16N2O. The number of aromatic amines is 1. The van der Waals surface area contributed by atoms with Crippen molar-refractivity contribution in [1.29, 1.82) is 0 Å². The molecule has 0 aromatic carbocycles. The number of likely N-dealkylation sites (N-methyl/N-ethyl adjacent to an activating group) is 1. The van der Waals surface area contributed by atoms with E-state index in [9.17, 15) is 5.11 Å². The molecular weight excluding hydrogens is 152 g/mol. The fourth-order valence-electron chi connectivity index (χ4n) is 1.39. The normalized spacial score (nSPS) is 13.3. The zero-order valence-corrected chi connectivity index (χ0v) is 7.81. The first-order chi connectivity index (χ1) is 5.65. The van der Waals surface area contributed by atoms with E-state index in [4.69, 9.17) is 0 Å². The van der Waals surface area contributed by atoms with Crippen molar-refractivity contribution in [2.24, 2.45) is 0 Å². The Labute approximate surface area is 72.8 Å². The minimum Gasteiger partial charge on any atom is -0.387 e. The van der Waals surface area contributed by atoms with Gasteiger partial charge in [-0.15, -0.1) is 0 Å². The maximum absolute atomic E-state index is 9.63. The zero-order valence-electron chi connectivity index (χ0n) is 7.81. The number of aliphatic hydroxyl groups excluding tert-OH is 1. The van der Waals surface area contributed by atoms with Crippen molar-refractivity contribution in [1.82, 2.24) is 10.3 Å². The summed E-state index contributed by atoms with van der Waals surface area (Å²) in [6.45, 7) is 4.56. The molecule has 3 heteroatoms. The summed E-state index contributed by atoms with van der Waals surface area (Å²) in [7, 11) is 1.83. The molecule has 0 aliphatic rings. The molecule has 0 aliphatic heterocycles. The molecule has 12 heavy (non-hydrogen) atoms. The molecule has 0 saturated heterocycles. The molecule has 1 atom stereocenters. The van der Waals surface area contributed by atoms with E-state index in [1.54, 1.807) is 0 Å². The maximum Gasteiger partial charge on any atom is 0.0931 e. The van der Waals surface area contributed by atoms with Gasteiger partial charge in [-0.3, -0.25) is 0 Å². The average molecular weight is 168 g/mol. The fourth-order valence-corrected chi connectivity index (χ4v) is 1.39. The smallest absolute Gasteiger partial charge is 0.0931 e. The highest BCUT2D eigenvalue weighted by Gasteiger charge is 2.10. The van der Waals surface area contributed by atoms with Gasteiger partial charge in [0.25, 0.3) is 0 Å². The number of H-pyrrole nitrogens is 1. The van der Waals surface area contributed by atoms with E-state index in [0.29, 0.717) is 6.54 Å². The molecule has 0 saturated carbocycles. The molecule has 0 fully saturated rings. The minimum atomic E-state index is -0.403. The summed E-state index contributed by atoms with van der Waals surface area (Å²) in [6.07, 6.45) is -0.403. The second-order valence-corrected chi connectivity index (χ2v) is 3.11. The van der Waals surface area contributed by atoms with Crippen LogP contribution in [0.25, 0.3) is 0 Å². The van der Waals surface area contributed by atoms with Crippen molar-refractivity contribution in [3.63, 3.8) is 0 Å². The van der Waals surface area contributed by atoms with Crippen LogP contribution < -0.4 is 5.32 Å². The number of hydrogen-bond acceptors (Lipinski definition) is 2. The highest BCUT2D eigenvalue weighted by atomic mass is 16.3. The summed E-state index contributed by atoms with van der Waals surface area (Å²) in [4.78, 5) is 3.16. The molecule has 68 valence electrons. The first kappa shape index (κ1) is 9.29. The third kappa shape index (κ3) is 1.87. The van der Waals surface area contributed by atoms with Crippen LogP contribution in [0.15, 0.2) is 6.07 Å². The van der Waals surface area contributed by atoms with Crippen molar-refractivity contribution in [2.75, 3.05) is 13.6 Å². The molecule has 3 nitrogen and oxygen atoms in total. The summed E-state index contributed by atoms with van der Waals surface area (Å²) in [5.74, 6) is 0. The van der Waals surface area contributed by atoms with Gasteiger partial charge in [-0.25, -0.2) is 0 Å². The lowest BCUT2D eigenvalue weighted by atomic mass is 10.1. The molecule has 0 radical (unpaired) electrons. The summed E-state index contributed by atoms with van der Waals surface area (Å²) in [5.41, 5.74) is 3.13. The van der Waals surface area contributed by atoms with Gasteiger partial charge in [-0.1, -0.05) is 0 Å². The highest BCUT2D eigenvalue weighted by Crippen LogP contribution is 2.17. The zero-order chi connectivity index (χ0) is 9.14. The van der Waals surface area contributed by atoms with Gasteiger partial charge in [0, 0.05) is 23.5 Å². The van der Waals surface area contributed by atoms with Gasteiger partial charge in [-0.05, 0) is 27.0 Å². The highest BCUT2D eigenvalue weighted by molar-refractivity contribution is 5.26. The fraction of sp³-hybridized carbons (Fsp3) is 0.556. The Kier molecular flexibility index (Phi) is 2.89. The molecule has 0 bridgehead atoms. The predicted octanol–water partition coefficient (Wildman–Crippen LogP) is 0.884. The van der Waals surface area contributed by atoms with Gasteiger partial charge < -0.3 is 15.4 Å². The Morgan fingerprint density at radius 3 is 2.67 bits per heavy atom. The minimum absolute atomic E-state index is 0.403. The third-order valence-corrected chi connectivity index (χ3v) is 1.95. The molecule has 0 aliphatic carbocycles. The number of aliphatic hydroxyl groups is 1. The van der Waals surface area contributed by atoms with E-state index in [1.165, 1.54) is 0 Å². The van der Waals surface area contributed by atoms with Crippen molar-refractivity contribution in [3.05, 3.63) is 23.0 Å². The number of hydrogen-bond donors (Lipinski definition) is 3. The van der Waals surface area contributed by atoms with Crippen molar-refractivity contribution in [3.8, 4) is 0 Å². The molecule has 3 N–H and O–H groups in total. The van der Waals surface area contributed by atoms with Gasteiger partial charge in [0.2, 0.25) is 0 Å². The Morgan fingerprint density at radius 1 is 1.58 bits per heavy atom. The SMILES string of the molecule is CNCC(O)c1cc(C)[nH]c1C. The summed E-state index contributed by atoms with van der Waals surface area (Å²) < 4.78 is 0. The molecule has 1 rings (SSSR count). The van der Waals surface area contributed by atoms with Gasteiger partial charge in [0.1, 0.15) is 0 Å². The first-order valence-electron chi connectivity index (χ1n) is 4.14. The number of rotatable bonds is 3. The van der Waals surface area contributed by atoms with E-state index in [0.717, 1.165) is 17.0 Å². The standard InChI is InChI=1S/C9H16N2O/c1-6-4-8(7(2)11-6)9(12)5-10-3/h4,9-12H,5H2,1-3H3. The van der Waals surface area contributed by atoms with Crippen LogP contribution in [-0.2, 0) is 0 Å². The molecule has 0 spiro atoms. The van der Waals surface area contributed by atoms with Crippen LogP contribution in [0.5, 0.6) is 0 Å². The third-order valence-electron chi connectivity index (χ3n) is 1.95. The van der Waals surface area contributed by atoms with Gasteiger partial charge in [0.05, 0.1) is 6.10 Å². The van der Waals surface area contributed by atoms with Crippen LogP contribution in [0.2, 0.25) is 0 Å². The van der Waals surface area contributed by atoms with E-state index in [2.05, 4.69) is 10.3 Å². The maximum atomic E-state index is 9.63. The summed E-state index contributed by atoms with van der Waals surface area (Å²) >= 11 is 0. The summed E-state index contributed by atoms with van der Waals surface area (Å²) in [6, 6.07) is 1.98. The van der Waals surface area contributed by atoms with Crippen molar-refractivity contribution in [2.45, 2.75) is 20.0 Å². The average Bonchev–Trinajstić information content (AvgIpc) is 2.30. The number of nitrogens with one attached hydrogen (secondary N) is 2. The quantitative estimate of drug-likeness (QED) is 0.627. The van der Waals surface area contributed by atoms with Crippen LogP contribution in [0.4, 0.5) is 0 Å². The van der Waals surface area contributed by atoms with E-state index < -0.39 is 6.10 Å². The lowest BCUT2D eigenvalue weighted by molar-refractivity contribution is 0.177.